The predicted molar refractivity (Wildman–Crippen MR) is 42.7 cm³/mol. The molecule has 0 rings (SSSR count). The van der Waals surface area contributed by atoms with Crippen LogP contribution in [0.3, 0.4) is 0 Å². The van der Waals surface area contributed by atoms with Gasteiger partial charge in [0.15, 0.2) is 0 Å². The summed E-state index contributed by atoms with van der Waals surface area (Å²) in [5.41, 5.74) is 0. The first-order valence-electron chi connectivity index (χ1n) is 3.49. The van der Waals surface area contributed by atoms with Crippen molar-refractivity contribution in [2.24, 2.45) is 0 Å². The van der Waals surface area contributed by atoms with E-state index >= 15 is 0 Å². The number of carbonyl (C=O) groups is 1. The van der Waals surface area contributed by atoms with Crippen molar-refractivity contribution in [3.8, 4) is 12.3 Å². The van der Waals surface area contributed by atoms with Crippen molar-refractivity contribution >= 4 is 5.91 Å². The van der Waals surface area contributed by atoms with Crippen LogP contribution in [-0.4, -0.2) is 23.2 Å². The Hall–Kier alpha value is -1.01. The van der Waals surface area contributed by atoms with Crippen molar-refractivity contribution in [3.63, 3.8) is 0 Å². The number of rotatable bonds is 3. The van der Waals surface area contributed by atoms with Crippen molar-refractivity contribution in [3.05, 3.63) is 0 Å². The van der Waals surface area contributed by atoms with Gasteiger partial charge in [0.05, 0.1) is 0 Å². The highest BCUT2D eigenvalue weighted by Crippen LogP contribution is 1.89. The second kappa shape index (κ2) is 4.75. The number of carbonyl (C=O) groups excluding carboxylic acids is 1. The average Bonchev–Trinajstić information content (AvgIpc) is 1.87. The minimum atomic E-state index is -0.963. The molecule has 0 aromatic heterocycles. The van der Waals surface area contributed by atoms with Crippen LogP contribution in [0, 0.1) is 12.3 Å². The van der Waals surface area contributed by atoms with E-state index in [1.54, 1.807) is 6.92 Å². The number of hydrogen-bond donors (Lipinski definition) is 2. The molecule has 0 aromatic rings. The number of amides is 1. The van der Waals surface area contributed by atoms with Gasteiger partial charge >= 0.3 is 0 Å². The molecular weight excluding hydrogens is 142 g/mol. The zero-order chi connectivity index (χ0) is 8.85. The average molecular weight is 155 g/mol. The molecule has 0 aliphatic carbocycles. The van der Waals surface area contributed by atoms with E-state index in [2.05, 4.69) is 11.2 Å². The van der Waals surface area contributed by atoms with Gasteiger partial charge in [0.2, 0.25) is 5.91 Å². The summed E-state index contributed by atoms with van der Waals surface area (Å²) in [5, 5.41) is 11.3. The molecule has 0 saturated carbocycles. The fraction of sp³-hybridized carbons (Fsp3) is 0.625. The van der Waals surface area contributed by atoms with E-state index < -0.39 is 6.10 Å². The Kier molecular flexibility index (Phi) is 4.32. The minimum absolute atomic E-state index is 0.0675. The van der Waals surface area contributed by atoms with Gasteiger partial charge in [-0.2, -0.15) is 0 Å². The molecule has 2 atom stereocenters. The number of terminal acetylenes is 1. The van der Waals surface area contributed by atoms with E-state index in [-0.39, 0.29) is 11.9 Å². The second-order valence-electron chi connectivity index (χ2n) is 2.49. The molecule has 11 heavy (non-hydrogen) atoms. The number of nitrogens with one attached hydrogen (secondary N) is 1. The molecule has 0 fully saturated rings. The molecule has 0 aliphatic rings. The number of aliphatic hydroxyl groups excluding tert-OH is 1. The highest BCUT2D eigenvalue weighted by molar-refractivity contribution is 5.80. The molecule has 0 aromatic carbocycles. The van der Waals surface area contributed by atoms with Gasteiger partial charge in [-0.05, 0) is 13.8 Å². The lowest BCUT2D eigenvalue weighted by molar-refractivity contribution is -0.129. The monoisotopic (exact) mass is 155 g/mol. The van der Waals surface area contributed by atoms with Gasteiger partial charge in [-0.3, -0.25) is 4.79 Å². The maximum Gasteiger partial charge on any atom is 0.248 e. The highest BCUT2D eigenvalue weighted by Gasteiger charge is 2.10. The zero-order valence-corrected chi connectivity index (χ0v) is 6.79. The van der Waals surface area contributed by atoms with Crippen LogP contribution in [0.25, 0.3) is 0 Å². The van der Waals surface area contributed by atoms with Crippen molar-refractivity contribution in [1.29, 1.82) is 0 Å². The Morgan fingerprint density at radius 1 is 1.73 bits per heavy atom. The van der Waals surface area contributed by atoms with E-state index in [1.165, 1.54) is 6.92 Å². The highest BCUT2D eigenvalue weighted by atomic mass is 16.3. The SMILES string of the molecule is C#CCC(C)NC(=O)[C@@H](C)O. The smallest absolute Gasteiger partial charge is 0.248 e. The predicted octanol–water partition coefficient (Wildman–Crippen LogP) is -0.105. The third kappa shape index (κ3) is 4.40. The Balaban J connectivity index is 3.68. The third-order valence-electron chi connectivity index (χ3n) is 1.19. The van der Waals surface area contributed by atoms with Crippen LogP contribution in [0.5, 0.6) is 0 Å². The summed E-state index contributed by atoms with van der Waals surface area (Å²) >= 11 is 0. The molecule has 0 spiro atoms. The van der Waals surface area contributed by atoms with Crippen LogP contribution in [0.15, 0.2) is 0 Å². The van der Waals surface area contributed by atoms with E-state index in [9.17, 15) is 4.79 Å². The maximum atomic E-state index is 10.8. The van der Waals surface area contributed by atoms with Crippen LogP contribution < -0.4 is 5.32 Å². The Morgan fingerprint density at radius 2 is 2.27 bits per heavy atom. The van der Waals surface area contributed by atoms with Crippen LogP contribution >= 0.6 is 0 Å². The van der Waals surface area contributed by atoms with Crippen molar-refractivity contribution in [2.75, 3.05) is 0 Å². The van der Waals surface area contributed by atoms with E-state index in [0.717, 1.165) is 0 Å². The van der Waals surface area contributed by atoms with Gasteiger partial charge in [-0.1, -0.05) is 0 Å². The van der Waals surface area contributed by atoms with E-state index in [1.807, 2.05) is 0 Å². The summed E-state index contributed by atoms with van der Waals surface area (Å²) in [5.74, 6) is 2.03. The molecule has 0 aliphatic heterocycles. The molecule has 0 bridgehead atoms. The first-order chi connectivity index (χ1) is 5.07. The van der Waals surface area contributed by atoms with Gasteiger partial charge in [0, 0.05) is 12.5 Å². The molecule has 3 nitrogen and oxygen atoms in total. The largest absolute Gasteiger partial charge is 0.384 e. The number of hydrogen-bond acceptors (Lipinski definition) is 2. The maximum absolute atomic E-state index is 10.8. The minimum Gasteiger partial charge on any atom is -0.384 e. The van der Waals surface area contributed by atoms with Gasteiger partial charge in [0.25, 0.3) is 0 Å². The van der Waals surface area contributed by atoms with Crippen LogP contribution in [-0.2, 0) is 4.79 Å². The summed E-state index contributed by atoms with van der Waals surface area (Å²) in [4.78, 5) is 10.8. The van der Waals surface area contributed by atoms with Gasteiger partial charge < -0.3 is 10.4 Å². The van der Waals surface area contributed by atoms with Gasteiger partial charge in [-0.15, -0.1) is 12.3 Å². The Morgan fingerprint density at radius 3 is 2.64 bits per heavy atom. The first kappa shape index (κ1) is 9.99. The summed E-state index contributed by atoms with van der Waals surface area (Å²) in [6.45, 7) is 3.21. The summed E-state index contributed by atoms with van der Waals surface area (Å²) in [6, 6.07) is -0.0675. The standard InChI is InChI=1S/C8H13NO2/c1-4-5-6(2)9-8(11)7(3)10/h1,6-7,10H,5H2,2-3H3,(H,9,11)/t6?,7-/m1/s1. The molecule has 0 heterocycles. The Labute approximate surface area is 66.8 Å². The normalized spacial score (nSPS) is 14.7. The van der Waals surface area contributed by atoms with Crippen LogP contribution in [0.4, 0.5) is 0 Å². The van der Waals surface area contributed by atoms with Crippen LogP contribution in [0.1, 0.15) is 20.3 Å². The molecular formula is C8H13NO2. The second-order valence-corrected chi connectivity index (χ2v) is 2.49. The fourth-order valence-corrected chi connectivity index (χ4v) is 0.591. The lowest BCUT2D eigenvalue weighted by Crippen LogP contribution is -2.38. The topological polar surface area (TPSA) is 49.3 Å². The third-order valence-corrected chi connectivity index (χ3v) is 1.19. The van der Waals surface area contributed by atoms with E-state index in [4.69, 9.17) is 11.5 Å². The van der Waals surface area contributed by atoms with Gasteiger partial charge in [-0.25, -0.2) is 0 Å². The summed E-state index contributed by atoms with van der Waals surface area (Å²) in [7, 11) is 0. The molecule has 62 valence electrons. The number of aliphatic hydroxyl groups is 1. The first-order valence-corrected chi connectivity index (χ1v) is 3.49. The fourth-order valence-electron chi connectivity index (χ4n) is 0.591. The van der Waals surface area contributed by atoms with Crippen molar-refractivity contribution in [1.82, 2.24) is 5.32 Å². The molecule has 2 N–H and O–H groups in total. The summed E-state index contributed by atoms with van der Waals surface area (Å²) < 4.78 is 0. The lowest BCUT2D eigenvalue weighted by atomic mass is 10.2. The lowest BCUT2D eigenvalue weighted by Gasteiger charge is -2.11. The van der Waals surface area contributed by atoms with E-state index in [0.29, 0.717) is 6.42 Å². The summed E-state index contributed by atoms with van der Waals surface area (Å²) in [6.07, 6.45) is 4.54. The molecule has 1 unspecified atom stereocenters. The molecule has 3 heteroatoms. The van der Waals surface area contributed by atoms with Crippen molar-refractivity contribution < 1.29 is 9.90 Å². The quantitative estimate of drug-likeness (QED) is 0.559. The molecule has 1 amide bonds. The van der Waals surface area contributed by atoms with Crippen LogP contribution in [0.2, 0.25) is 0 Å². The van der Waals surface area contributed by atoms with Gasteiger partial charge in [0.1, 0.15) is 6.10 Å². The molecule has 0 saturated heterocycles. The zero-order valence-electron chi connectivity index (χ0n) is 6.79. The molecule has 0 radical (unpaired) electrons. The Bertz CT molecular complexity index is 169. The van der Waals surface area contributed by atoms with Crippen molar-refractivity contribution in [2.45, 2.75) is 32.4 Å².